The predicted octanol–water partition coefficient (Wildman–Crippen LogP) is 2.24. The summed E-state index contributed by atoms with van der Waals surface area (Å²) in [5.41, 5.74) is 1.29. The zero-order valence-electron chi connectivity index (χ0n) is 12.6. The van der Waals surface area contributed by atoms with Gasteiger partial charge in [0.15, 0.2) is 0 Å². The molecule has 0 spiro atoms. The number of rotatable bonds is 4. The second kappa shape index (κ2) is 6.06. The van der Waals surface area contributed by atoms with Crippen molar-refractivity contribution in [3.8, 4) is 5.75 Å². The van der Waals surface area contributed by atoms with Crippen LogP contribution in [0.25, 0.3) is 0 Å². The number of carbonyl (C=O) groups excluding carboxylic acids is 1. The van der Waals surface area contributed by atoms with Gasteiger partial charge in [-0.15, -0.1) is 0 Å². The number of likely N-dealkylation sites (tertiary alicyclic amines) is 1. The Hall–Kier alpha value is -1.55. The Bertz CT molecular complexity index is 488. The minimum Gasteiger partial charge on any atom is -0.508 e. The van der Waals surface area contributed by atoms with Crippen molar-refractivity contribution in [2.24, 2.45) is 0 Å². The quantitative estimate of drug-likeness (QED) is 0.893. The van der Waals surface area contributed by atoms with E-state index in [0.29, 0.717) is 17.7 Å². The smallest absolute Gasteiger partial charge is 0.237 e. The van der Waals surface area contributed by atoms with Crippen molar-refractivity contribution in [3.63, 3.8) is 0 Å². The molecule has 1 amide bonds. The van der Waals surface area contributed by atoms with Crippen molar-refractivity contribution in [1.29, 1.82) is 0 Å². The summed E-state index contributed by atoms with van der Waals surface area (Å²) < 4.78 is 0. The number of nitrogens with one attached hydrogen (secondary N) is 1. The molecule has 2 N–H and O–H groups in total. The summed E-state index contributed by atoms with van der Waals surface area (Å²) in [6.45, 7) is 3.94. The molecule has 114 valence electrons. The Balaban J connectivity index is 1.52. The first-order valence-electron chi connectivity index (χ1n) is 7.97. The number of hydrogen-bond acceptors (Lipinski definition) is 3. The number of phenolic OH excluding ortho intramolecular Hbond substituents is 1. The molecule has 0 aromatic heterocycles. The van der Waals surface area contributed by atoms with Crippen LogP contribution in [-0.4, -0.2) is 41.1 Å². The Kier molecular flexibility index (Phi) is 4.15. The average molecular weight is 288 g/mol. The fourth-order valence-corrected chi connectivity index (χ4v) is 3.08. The second-order valence-electron chi connectivity index (χ2n) is 6.36. The van der Waals surface area contributed by atoms with Crippen LogP contribution in [-0.2, 0) is 4.79 Å². The van der Waals surface area contributed by atoms with E-state index in [1.54, 1.807) is 12.1 Å². The van der Waals surface area contributed by atoms with Gasteiger partial charge in [-0.05, 0) is 69.3 Å². The van der Waals surface area contributed by atoms with Crippen LogP contribution in [0, 0.1) is 0 Å². The molecule has 4 heteroatoms. The van der Waals surface area contributed by atoms with Crippen molar-refractivity contribution in [2.45, 2.75) is 50.6 Å². The average Bonchev–Trinajstić information content (AvgIpc) is 3.31. The first kappa shape index (κ1) is 14.4. The van der Waals surface area contributed by atoms with E-state index in [2.05, 4.69) is 10.2 Å². The number of phenols is 1. The largest absolute Gasteiger partial charge is 0.508 e. The van der Waals surface area contributed by atoms with Crippen LogP contribution in [0.4, 0.5) is 0 Å². The van der Waals surface area contributed by atoms with E-state index < -0.39 is 0 Å². The molecule has 1 atom stereocenters. The van der Waals surface area contributed by atoms with Gasteiger partial charge < -0.3 is 10.4 Å². The summed E-state index contributed by atoms with van der Waals surface area (Å²) in [6, 6.07) is 7.96. The van der Waals surface area contributed by atoms with Crippen LogP contribution >= 0.6 is 0 Å². The standard InChI is InChI=1S/C17H24N2O2/c1-12(17(21)18-15-4-5-15)19-10-8-14(9-11-19)13-2-6-16(20)7-3-13/h2-3,6-7,12,14-15,20H,4-5,8-11H2,1H3,(H,18,21). The Labute approximate surface area is 126 Å². The zero-order chi connectivity index (χ0) is 14.8. The van der Waals surface area contributed by atoms with Gasteiger partial charge in [-0.1, -0.05) is 12.1 Å². The number of piperidine rings is 1. The maximum Gasteiger partial charge on any atom is 0.237 e. The summed E-state index contributed by atoms with van der Waals surface area (Å²) in [6.07, 6.45) is 4.43. The number of nitrogens with zero attached hydrogens (tertiary/aromatic N) is 1. The van der Waals surface area contributed by atoms with Gasteiger partial charge in [0.25, 0.3) is 0 Å². The van der Waals surface area contributed by atoms with E-state index in [1.165, 1.54) is 5.56 Å². The van der Waals surface area contributed by atoms with Crippen LogP contribution in [0.15, 0.2) is 24.3 Å². The minimum absolute atomic E-state index is 0.0219. The monoisotopic (exact) mass is 288 g/mol. The fraction of sp³-hybridized carbons (Fsp3) is 0.588. The third-order valence-corrected chi connectivity index (χ3v) is 4.74. The number of carbonyl (C=O) groups is 1. The Morgan fingerprint density at radius 3 is 2.38 bits per heavy atom. The summed E-state index contributed by atoms with van der Waals surface area (Å²) >= 11 is 0. The lowest BCUT2D eigenvalue weighted by atomic mass is 9.89. The number of benzene rings is 1. The third kappa shape index (κ3) is 3.56. The molecule has 1 aromatic rings. The van der Waals surface area contributed by atoms with Gasteiger partial charge in [-0.25, -0.2) is 0 Å². The van der Waals surface area contributed by atoms with Crippen LogP contribution in [0.1, 0.15) is 44.1 Å². The van der Waals surface area contributed by atoms with Gasteiger partial charge in [0.05, 0.1) is 6.04 Å². The fourth-order valence-electron chi connectivity index (χ4n) is 3.08. The van der Waals surface area contributed by atoms with Crippen LogP contribution in [0.3, 0.4) is 0 Å². The summed E-state index contributed by atoms with van der Waals surface area (Å²) in [5, 5.41) is 12.4. The Morgan fingerprint density at radius 2 is 1.81 bits per heavy atom. The molecule has 1 unspecified atom stereocenters. The lowest BCUT2D eigenvalue weighted by Crippen LogP contribution is -2.48. The molecule has 1 saturated heterocycles. The first-order chi connectivity index (χ1) is 10.1. The summed E-state index contributed by atoms with van der Waals surface area (Å²) in [5.74, 6) is 1.04. The normalized spacial score (nSPS) is 22.0. The molecule has 2 aliphatic rings. The molecule has 3 rings (SSSR count). The van der Waals surface area contributed by atoms with Gasteiger partial charge in [0.2, 0.25) is 5.91 Å². The highest BCUT2D eigenvalue weighted by atomic mass is 16.3. The molecule has 1 heterocycles. The van der Waals surface area contributed by atoms with Gasteiger partial charge in [0.1, 0.15) is 5.75 Å². The zero-order valence-corrected chi connectivity index (χ0v) is 12.6. The third-order valence-electron chi connectivity index (χ3n) is 4.74. The molecule has 1 aliphatic heterocycles. The van der Waals surface area contributed by atoms with E-state index in [-0.39, 0.29) is 11.9 Å². The molecular weight excluding hydrogens is 264 g/mol. The molecule has 2 fully saturated rings. The van der Waals surface area contributed by atoms with E-state index in [9.17, 15) is 9.90 Å². The maximum absolute atomic E-state index is 12.1. The van der Waals surface area contributed by atoms with Crippen LogP contribution in [0.2, 0.25) is 0 Å². The number of amides is 1. The lowest BCUT2D eigenvalue weighted by Gasteiger charge is -2.35. The van der Waals surface area contributed by atoms with Crippen molar-refractivity contribution in [2.75, 3.05) is 13.1 Å². The molecule has 21 heavy (non-hydrogen) atoms. The van der Waals surface area contributed by atoms with E-state index >= 15 is 0 Å². The summed E-state index contributed by atoms with van der Waals surface area (Å²) in [7, 11) is 0. The highest BCUT2D eigenvalue weighted by molar-refractivity contribution is 5.81. The van der Waals surface area contributed by atoms with Crippen LogP contribution < -0.4 is 5.32 Å². The maximum atomic E-state index is 12.1. The second-order valence-corrected chi connectivity index (χ2v) is 6.36. The van der Waals surface area contributed by atoms with Crippen molar-refractivity contribution >= 4 is 5.91 Å². The Morgan fingerprint density at radius 1 is 1.19 bits per heavy atom. The van der Waals surface area contributed by atoms with Crippen molar-refractivity contribution < 1.29 is 9.90 Å². The highest BCUT2D eigenvalue weighted by Gasteiger charge is 2.30. The van der Waals surface area contributed by atoms with Gasteiger partial charge in [-0.2, -0.15) is 0 Å². The molecule has 0 radical (unpaired) electrons. The SMILES string of the molecule is CC(C(=O)NC1CC1)N1CCC(c2ccc(O)cc2)CC1. The van der Waals surface area contributed by atoms with Crippen molar-refractivity contribution in [1.82, 2.24) is 10.2 Å². The van der Waals surface area contributed by atoms with E-state index in [1.807, 2.05) is 19.1 Å². The topological polar surface area (TPSA) is 52.6 Å². The van der Waals surface area contributed by atoms with Gasteiger partial charge in [0, 0.05) is 6.04 Å². The molecule has 4 nitrogen and oxygen atoms in total. The van der Waals surface area contributed by atoms with Crippen molar-refractivity contribution in [3.05, 3.63) is 29.8 Å². The molecule has 0 bridgehead atoms. The first-order valence-corrected chi connectivity index (χ1v) is 7.97. The lowest BCUT2D eigenvalue weighted by molar-refractivity contribution is -0.126. The molecule has 1 saturated carbocycles. The predicted molar refractivity (Wildman–Crippen MR) is 82.3 cm³/mol. The molecule has 1 aliphatic carbocycles. The van der Waals surface area contributed by atoms with E-state index in [0.717, 1.165) is 38.8 Å². The molecular formula is C17H24N2O2. The van der Waals surface area contributed by atoms with Crippen LogP contribution in [0.5, 0.6) is 5.75 Å². The van der Waals surface area contributed by atoms with Gasteiger partial charge in [-0.3, -0.25) is 9.69 Å². The summed E-state index contributed by atoms with van der Waals surface area (Å²) in [4.78, 5) is 14.4. The highest BCUT2D eigenvalue weighted by Crippen LogP contribution is 2.30. The van der Waals surface area contributed by atoms with E-state index in [4.69, 9.17) is 0 Å². The van der Waals surface area contributed by atoms with Gasteiger partial charge >= 0.3 is 0 Å². The minimum atomic E-state index is -0.0219. The number of aromatic hydroxyl groups is 1. The molecule has 1 aromatic carbocycles. The number of hydrogen-bond donors (Lipinski definition) is 2.